The molecule has 0 aromatic rings. The van der Waals surface area contributed by atoms with Crippen molar-refractivity contribution in [3.8, 4) is 0 Å². The Morgan fingerprint density at radius 1 is 1.44 bits per heavy atom. The van der Waals surface area contributed by atoms with Crippen LogP contribution in [0.1, 0.15) is 33.6 Å². The normalized spacial score (nSPS) is 16.6. The van der Waals surface area contributed by atoms with Gasteiger partial charge in [-0.15, -0.1) is 0 Å². The maximum atomic E-state index is 4.00. The Morgan fingerprint density at radius 2 is 2.11 bits per heavy atom. The van der Waals surface area contributed by atoms with Crippen molar-refractivity contribution < 1.29 is 0 Å². The molecule has 0 amide bonds. The molecule has 0 spiro atoms. The first-order chi connectivity index (χ1) is 4.39. The highest BCUT2D eigenvalue weighted by Gasteiger charge is 1.95. The Balaban J connectivity index is 0.000000291. The molecule has 2 heteroatoms. The number of rotatable bonds is 0. The Morgan fingerprint density at radius 3 is 2.33 bits per heavy atom. The molecule has 0 aliphatic carbocycles. The molecule has 0 aromatic carbocycles. The molecule has 9 heavy (non-hydrogen) atoms. The van der Waals surface area contributed by atoms with Gasteiger partial charge in [-0.3, -0.25) is 0 Å². The van der Waals surface area contributed by atoms with E-state index in [1.807, 2.05) is 20.8 Å². The Labute approximate surface area is 57.3 Å². The van der Waals surface area contributed by atoms with Crippen molar-refractivity contribution >= 4 is 5.71 Å². The minimum Gasteiger partial charge on any atom is -0.310 e. The third-order valence-corrected chi connectivity index (χ3v) is 1.10. The second-order valence-electron chi connectivity index (χ2n) is 1.86. The topological polar surface area (TPSA) is 24.4 Å². The average Bonchev–Trinajstić information content (AvgIpc) is 1.94. The van der Waals surface area contributed by atoms with Crippen molar-refractivity contribution in [1.29, 1.82) is 0 Å². The fourth-order valence-electron chi connectivity index (χ4n) is 0.670. The zero-order valence-electron chi connectivity index (χ0n) is 6.57. The molecule has 1 heterocycles. The van der Waals surface area contributed by atoms with Crippen LogP contribution in [0.15, 0.2) is 5.10 Å². The summed E-state index contributed by atoms with van der Waals surface area (Å²) in [5, 5.41) is 4.00. The van der Waals surface area contributed by atoms with Crippen LogP contribution in [0, 0.1) is 0 Å². The van der Waals surface area contributed by atoms with E-state index in [0.717, 1.165) is 6.54 Å². The molecular weight excluding hydrogens is 112 g/mol. The lowest BCUT2D eigenvalue weighted by Crippen LogP contribution is -2.16. The summed E-state index contributed by atoms with van der Waals surface area (Å²) in [6, 6.07) is 0. The molecule has 0 saturated heterocycles. The van der Waals surface area contributed by atoms with Gasteiger partial charge in [-0.05, 0) is 19.8 Å². The highest BCUT2D eigenvalue weighted by atomic mass is 15.3. The van der Waals surface area contributed by atoms with E-state index < -0.39 is 0 Å². The maximum Gasteiger partial charge on any atom is 0.0348 e. The maximum absolute atomic E-state index is 4.00. The van der Waals surface area contributed by atoms with E-state index in [9.17, 15) is 0 Å². The predicted molar refractivity (Wildman–Crippen MR) is 41.7 cm³/mol. The summed E-state index contributed by atoms with van der Waals surface area (Å²) in [4.78, 5) is 0. The molecule has 1 N–H and O–H groups in total. The standard InChI is InChI=1S/C5H10N2.C2H6/c1-5-3-2-4-6-7-5;1-2/h6H,2-4H2,1H3;1-2H3. The Hall–Kier alpha value is -0.530. The van der Waals surface area contributed by atoms with Crippen molar-refractivity contribution in [3.05, 3.63) is 0 Å². The minimum atomic E-state index is 1.05. The zero-order valence-corrected chi connectivity index (χ0v) is 6.57. The van der Waals surface area contributed by atoms with Crippen LogP contribution in [0.3, 0.4) is 0 Å². The lowest BCUT2D eigenvalue weighted by atomic mass is 10.2. The molecule has 0 saturated carbocycles. The molecule has 0 radical (unpaired) electrons. The van der Waals surface area contributed by atoms with Crippen LogP contribution in [-0.2, 0) is 0 Å². The molecule has 0 aromatic heterocycles. The molecule has 54 valence electrons. The molecule has 0 unspecified atom stereocenters. The van der Waals surface area contributed by atoms with E-state index in [4.69, 9.17) is 0 Å². The monoisotopic (exact) mass is 128 g/mol. The molecule has 0 atom stereocenters. The van der Waals surface area contributed by atoms with Crippen molar-refractivity contribution in [2.75, 3.05) is 6.54 Å². The van der Waals surface area contributed by atoms with E-state index in [1.54, 1.807) is 0 Å². The van der Waals surface area contributed by atoms with Crippen LogP contribution in [0.4, 0.5) is 0 Å². The molecular formula is C7H16N2. The van der Waals surface area contributed by atoms with Crippen LogP contribution in [-0.4, -0.2) is 12.3 Å². The number of hydrogen-bond acceptors (Lipinski definition) is 2. The summed E-state index contributed by atoms with van der Waals surface area (Å²) in [5.41, 5.74) is 4.15. The first-order valence-corrected chi connectivity index (χ1v) is 3.65. The minimum absolute atomic E-state index is 1.05. The van der Waals surface area contributed by atoms with E-state index in [2.05, 4.69) is 10.5 Å². The summed E-state index contributed by atoms with van der Waals surface area (Å²) < 4.78 is 0. The van der Waals surface area contributed by atoms with Crippen LogP contribution in [0.2, 0.25) is 0 Å². The van der Waals surface area contributed by atoms with Gasteiger partial charge >= 0.3 is 0 Å². The van der Waals surface area contributed by atoms with Crippen molar-refractivity contribution in [1.82, 2.24) is 5.43 Å². The summed E-state index contributed by atoms with van der Waals surface area (Å²) in [6.07, 6.45) is 2.42. The van der Waals surface area contributed by atoms with E-state index in [0.29, 0.717) is 0 Å². The number of nitrogens with zero attached hydrogens (tertiary/aromatic N) is 1. The predicted octanol–water partition coefficient (Wildman–Crippen LogP) is 1.77. The van der Waals surface area contributed by atoms with Crippen molar-refractivity contribution in [3.63, 3.8) is 0 Å². The van der Waals surface area contributed by atoms with Crippen molar-refractivity contribution in [2.45, 2.75) is 33.6 Å². The van der Waals surface area contributed by atoms with E-state index in [1.165, 1.54) is 18.6 Å². The largest absolute Gasteiger partial charge is 0.310 e. The van der Waals surface area contributed by atoms with Gasteiger partial charge in [0.05, 0.1) is 0 Å². The number of hydrazone groups is 1. The second-order valence-corrected chi connectivity index (χ2v) is 1.86. The van der Waals surface area contributed by atoms with Gasteiger partial charge in [0, 0.05) is 12.3 Å². The van der Waals surface area contributed by atoms with Gasteiger partial charge in [0.15, 0.2) is 0 Å². The average molecular weight is 128 g/mol. The highest BCUT2D eigenvalue weighted by molar-refractivity contribution is 5.81. The fraction of sp³-hybridized carbons (Fsp3) is 0.857. The molecule has 2 nitrogen and oxygen atoms in total. The van der Waals surface area contributed by atoms with Gasteiger partial charge in [-0.25, -0.2) is 0 Å². The third-order valence-electron chi connectivity index (χ3n) is 1.10. The lowest BCUT2D eigenvalue weighted by molar-refractivity contribution is 0.660. The summed E-state index contributed by atoms with van der Waals surface area (Å²) >= 11 is 0. The molecule has 1 aliphatic rings. The van der Waals surface area contributed by atoms with Gasteiger partial charge in [-0.1, -0.05) is 13.8 Å². The molecule has 0 fully saturated rings. The third kappa shape index (κ3) is 4.01. The van der Waals surface area contributed by atoms with Crippen LogP contribution >= 0.6 is 0 Å². The fourth-order valence-corrected chi connectivity index (χ4v) is 0.670. The first-order valence-electron chi connectivity index (χ1n) is 3.65. The van der Waals surface area contributed by atoms with Gasteiger partial charge < -0.3 is 5.43 Å². The molecule has 1 rings (SSSR count). The first kappa shape index (κ1) is 8.47. The van der Waals surface area contributed by atoms with Gasteiger partial charge in [0.2, 0.25) is 0 Å². The van der Waals surface area contributed by atoms with E-state index in [-0.39, 0.29) is 0 Å². The Bertz CT molecular complexity index is 86.9. The number of nitrogens with one attached hydrogen (secondary N) is 1. The molecule has 1 aliphatic heterocycles. The molecule has 0 bridgehead atoms. The quantitative estimate of drug-likeness (QED) is 0.528. The van der Waals surface area contributed by atoms with Crippen LogP contribution < -0.4 is 5.43 Å². The van der Waals surface area contributed by atoms with Gasteiger partial charge in [0.25, 0.3) is 0 Å². The van der Waals surface area contributed by atoms with Crippen LogP contribution in [0.5, 0.6) is 0 Å². The van der Waals surface area contributed by atoms with Crippen LogP contribution in [0.25, 0.3) is 0 Å². The highest BCUT2D eigenvalue weighted by Crippen LogP contribution is 1.94. The smallest absolute Gasteiger partial charge is 0.0348 e. The zero-order chi connectivity index (χ0) is 7.11. The second kappa shape index (κ2) is 5.60. The summed E-state index contributed by atoms with van der Waals surface area (Å²) in [7, 11) is 0. The van der Waals surface area contributed by atoms with E-state index >= 15 is 0 Å². The Kier molecular flexibility index (Phi) is 5.27. The van der Waals surface area contributed by atoms with Crippen molar-refractivity contribution in [2.24, 2.45) is 5.10 Å². The van der Waals surface area contributed by atoms with Gasteiger partial charge in [-0.2, -0.15) is 5.10 Å². The SMILES string of the molecule is CC.CC1=NNCCC1. The summed E-state index contributed by atoms with van der Waals surface area (Å²) in [5.74, 6) is 0. The summed E-state index contributed by atoms with van der Waals surface area (Å²) in [6.45, 7) is 7.10. The number of hydrogen-bond donors (Lipinski definition) is 1. The van der Waals surface area contributed by atoms with Gasteiger partial charge in [0.1, 0.15) is 0 Å². The lowest BCUT2D eigenvalue weighted by Gasteiger charge is -2.07.